The summed E-state index contributed by atoms with van der Waals surface area (Å²) in [6, 6.07) is -0.234. The fourth-order valence-corrected chi connectivity index (χ4v) is 4.43. The lowest BCUT2D eigenvalue weighted by atomic mass is 9.86. The monoisotopic (exact) mass is 290 g/mol. The summed E-state index contributed by atoms with van der Waals surface area (Å²) in [6.07, 6.45) is 5.45. The fraction of sp³-hybridized carbons (Fsp3) is 0.917. The van der Waals surface area contributed by atoms with Crippen molar-refractivity contribution in [2.75, 3.05) is 13.1 Å². The topological polar surface area (TPSA) is 86.7 Å². The van der Waals surface area contributed by atoms with Gasteiger partial charge in [0.05, 0.1) is 5.92 Å². The maximum absolute atomic E-state index is 12.2. The number of carboxylic acids is 1. The number of hydrogen-bond acceptors (Lipinski definition) is 3. The van der Waals surface area contributed by atoms with Gasteiger partial charge in [-0.15, -0.1) is 0 Å². The minimum atomic E-state index is -3.44. The highest BCUT2D eigenvalue weighted by Gasteiger charge is 2.32. The van der Waals surface area contributed by atoms with Gasteiger partial charge in [0.15, 0.2) is 0 Å². The Bertz CT molecular complexity index is 417. The molecule has 2 atom stereocenters. The molecule has 0 aromatic rings. The molecule has 6 nitrogen and oxygen atoms in total. The van der Waals surface area contributed by atoms with Crippen LogP contribution in [0.25, 0.3) is 0 Å². The maximum Gasteiger partial charge on any atom is 0.306 e. The van der Waals surface area contributed by atoms with Crippen LogP contribution in [0.5, 0.6) is 0 Å². The number of carbonyl (C=O) groups is 1. The molecule has 2 unspecified atom stereocenters. The number of carboxylic acid groups (broad SMARTS) is 1. The highest BCUT2D eigenvalue weighted by molar-refractivity contribution is 7.87. The number of piperidine rings is 1. The van der Waals surface area contributed by atoms with E-state index in [0.29, 0.717) is 25.9 Å². The Morgan fingerprint density at radius 1 is 1.11 bits per heavy atom. The largest absolute Gasteiger partial charge is 0.481 e. The van der Waals surface area contributed by atoms with E-state index < -0.39 is 22.1 Å². The van der Waals surface area contributed by atoms with Crippen molar-refractivity contribution >= 4 is 16.2 Å². The molecular formula is C12H22N2O4S. The Balaban J connectivity index is 1.93. The third-order valence-electron chi connectivity index (χ3n) is 3.99. The number of nitrogens with one attached hydrogen (secondary N) is 1. The molecule has 110 valence electrons. The van der Waals surface area contributed by atoms with Crippen molar-refractivity contribution < 1.29 is 18.3 Å². The van der Waals surface area contributed by atoms with Gasteiger partial charge in [0.2, 0.25) is 0 Å². The normalized spacial score (nSPS) is 30.1. The Labute approximate surface area is 114 Å². The molecule has 19 heavy (non-hydrogen) atoms. The van der Waals surface area contributed by atoms with Crippen molar-refractivity contribution in [2.45, 2.75) is 51.0 Å². The molecule has 2 aliphatic rings. The number of nitrogens with zero attached hydrogens (tertiary/aromatic N) is 1. The van der Waals surface area contributed by atoms with Crippen molar-refractivity contribution in [1.82, 2.24) is 9.03 Å². The van der Waals surface area contributed by atoms with Crippen molar-refractivity contribution in [2.24, 2.45) is 5.92 Å². The van der Waals surface area contributed by atoms with Gasteiger partial charge in [0.25, 0.3) is 10.2 Å². The third-order valence-corrected chi connectivity index (χ3v) is 5.67. The van der Waals surface area contributed by atoms with E-state index in [1.54, 1.807) is 0 Å². The minimum absolute atomic E-state index is 0.234. The molecule has 2 N–H and O–H groups in total. The molecule has 7 heteroatoms. The van der Waals surface area contributed by atoms with E-state index >= 15 is 0 Å². The van der Waals surface area contributed by atoms with E-state index in [9.17, 15) is 13.2 Å². The molecule has 0 radical (unpaired) electrons. The van der Waals surface area contributed by atoms with Gasteiger partial charge in [-0.25, -0.2) is 0 Å². The second-order valence-electron chi connectivity index (χ2n) is 5.48. The van der Waals surface area contributed by atoms with E-state index in [-0.39, 0.29) is 6.04 Å². The van der Waals surface area contributed by atoms with Crippen LogP contribution in [0.4, 0.5) is 0 Å². The van der Waals surface area contributed by atoms with Gasteiger partial charge in [-0.2, -0.15) is 17.4 Å². The van der Waals surface area contributed by atoms with Crippen molar-refractivity contribution in [1.29, 1.82) is 0 Å². The Morgan fingerprint density at radius 3 is 2.42 bits per heavy atom. The van der Waals surface area contributed by atoms with Crippen molar-refractivity contribution in [3.05, 3.63) is 0 Å². The summed E-state index contributed by atoms with van der Waals surface area (Å²) in [4.78, 5) is 11.0. The second-order valence-corrected chi connectivity index (χ2v) is 7.18. The molecule has 0 aromatic heterocycles. The number of aliphatic carboxylic acids is 1. The van der Waals surface area contributed by atoms with E-state index in [4.69, 9.17) is 5.11 Å². The molecule has 2 fully saturated rings. The quantitative estimate of drug-likeness (QED) is 0.807. The Morgan fingerprint density at radius 2 is 1.79 bits per heavy atom. The smallest absolute Gasteiger partial charge is 0.306 e. The lowest BCUT2D eigenvalue weighted by Gasteiger charge is -2.31. The van der Waals surface area contributed by atoms with Crippen molar-refractivity contribution in [3.8, 4) is 0 Å². The van der Waals surface area contributed by atoms with Crippen LogP contribution in [0, 0.1) is 5.92 Å². The zero-order chi connectivity index (χ0) is 13.9. The van der Waals surface area contributed by atoms with Gasteiger partial charge >= 0.3 is 5.97 Å². The first-order valence-electron chi connectivity index (χ1n) is 6.99. The SMILES string of the molecule is O=C(O)C1CCCC(NS(=O)(=O)N2CCCCC2)C1. The minimum Gasteiger partial charge on any atom is -0.481 e. The van der Waals surface area contributed by atoms with Gasteiger partial charge in [0.1, 0.15) is 0 Å². The average molecular weight is 290 g/mol. The van der Waals surface area contributed by atoms with Gasteiger partial charge < -0.3 is 5.11 Å². The predicted molar refractivity (Wildman–Crippen MR) is 70.9 cm³/mol. The maximum atomic E-state index is 12.2. The number of hydrogen-bond donors (Lipinski definition) is 2. The summed E-state index contributed by atoms with van der Waals surface area (Å²) in [5.41, 5.74) is 0. The molecule has 1 heterocycles. The lowest BCUT2D eigenvalue weighted by Crippen LogP contribution is -2.48. The van der Waals surface area contributed by atoms with Gasteiger partial charge in [-0.1, -0.05) is 12.8 Å². The first-order chi connectivity index (χ1) is 8.99. The predicted octanol–water partition coefficient (Wildman–Crippen LogP) is 0.950. The van der Waals surface area contributed by atoms with E-state index in [1.165, 1.54) is 4.31 Å². The highest BCUT2D eigenvalue weighted by atomic mass is 32.2. The molecule has 2 rings (SSSR count). The van der Waals surface area contributed by atoms with E-state index in [2.05, 4.69) is 4.72 Å². The summed E-state index contributed by atoms with van der Waals surface area (Å²) in [5, 5.41) is 9.02. The molecule has 0 amide bonds. The Hall–Kier alpha value is -0.660. The molecule has 1 aliphatic carbocycles. The van der Waals surface area contributed by atoms with Crippen LogP contribution >= 0.6 is 0 Å². The average Bonchev–Trinajstić information content (AvgIpc) is 2.39. The first-order valence-corrected chi connectivity index (χ1v) is 8.43. The molecule has 1 saturated carbocycles. The van der Waals surface area contributed by atoms with Gasteiger partial charge in [-0.05, 0) is 32.1 Å². The van der Waals surface area contributed by atoms with E-state index in [1.807, 2.05) is 0 Å². The molecule has 1 saturated heterocycles. The highest BCUT2D eigenvalue weighted by Crippen LogP contribution is 2.25. The fourth-order valence-electron chi connectivity index (χ4n) is 2.91. The standard InChI is InChI=1S/C12H22N2O4S/c15-12(16)10-5-4-6-11(9-10)13-19(17,18)14-7-2-1-3-8-14/h10-11,13H,1-9H2,(H,15,16). The third kappa shape index (κ3) is 3.90. The zero-order valence-corrected chi connectivity index (χ0v) is 11.9. The first kappa shape index (κ1) is 14.7. The van der Waals surface area contributed by atoms with E-state index in [0.717, 1.165) is 32.1 Å². The molecule has 0 bridgehead atoms. The summed E-state index contributed by atoms with van der Waals surface area (Å²) < 4.78 is 28.6. The molecule has 0 aromatic carbocycles. The Kier molecular flexibility index (Phi) is 4.81. The lowest BCUT2D eigenvalue weighted by molar-refractivity contribution is -0.143. The van der Waals surface area contributed by atoms with Crippen LogP contribution in [-0.4, -0.2) is 42.9 Å². The number of rotatable bonds is 4. The summed E-state index contributed by atoms with van der Waals surface area (Å²) in [5.74, 6) is -1.23. The van der Waals surface area contributed by atoms with Crippen LogP contribution in [0.2, 0.25) is 0 Å². The van der Waals surface area contributed by atoms with Gasteiger partial charge in [0, 0.05) is 19.1 Å². The van der Waals surface area contributed by atoms with Crippen LogP contribution in [0.1, 0.15) is 44.9 Å². The molecule has 1 aliphatic heterocycles. The van der Waals surface area contributed by atoms with Crippen LogP contribution in [0.15, 0.2) is 0 Å². The van der Waals surface area contributed by atoms with Crippen LogP contribution in [-0.2, 0) is 15.0 Å². The van der Waals surface area contributed by atoms with Crippen molar-refractivity contribution in [3.63, 3.8) is 0 Å². The second kappa shape index (κ2) is 6.19. The molecule has 0 spiro atoms. The zero-order valence-electron chi connectivity index (χ0n) is 11.0. The molecular weight excluding hydrogens is 268 g/mol. The van der Waals surface area contributed by atoms with Crippen LogP contribution in [0.3, 0.4) is 0 Å². The van der Waals surface area contributed by atoms with Crippen LogP contribution < -0.4 is 4.72 Å². The van der Waals surface area contributed by atoms with Gasteiger partial charge in [-0.3, -0.25) is 4.79 Å². The summed E-state index contributed by atoms with van der Waals surface area (Å²) in [6.45, 7) is 1.15. The summed E-state index contributed by atoms with van der Waals surface area (Å²) in [7, 11) is -3.44. The summed E-state index contributed by atoms with van der Waals surface area (Å²) >= 11 is 0.